The summed E-state index contributed by atoms with van der Waals surface area (Å²) in [4.78, 5) is 27.3. The molecule has 1 aromatic carbocycles. The van der Waals surface area contributed by atoms with E-state index in [1.165, 1.54) is 18.2 Å². The standard InChI is InChI=1S/C19H25FN2O3/c1-2-11-21-17(23)16-13-25-19(9-4-3-5-10-19)22(16)18(24)14-7-6-8-15(20)12-14/h6-8,12,16H,2-5,9-11,13H2,1H3,(H,21,23)/t16-/m1/s1. The molecule has 0 unspecified atom stereocenters. The molecule has 1 aromatic rings. The van der Waals surface area contributed by atoms with Crippen molar-refractivity contribution in [2.45, 2.75) is 57.2 Å². The van der Waals surface area contributed by atoms with Crippen LogP contribution in [0.4, 0.5) is 4.39 Å². The van der Waals surface area contributed by atoms with Gasteiger partial charge in [-0.3, -0.25) is 14.5 Å². The van der Waals surface area contributed by atoms with Crippen molar-refractivity contribution in [3.63, 3.8) is 0 Å². The van der Waals surface area contributed by atoms with Gasteiger partial charge in [-0.05, 0) is 50.3 Å². The fraction of sp³-hybridized carbons (Fsp3) is 0.579. The summed E-state index contributed by atoms with van der Waals surface area (Å²) >= 11 is 0. The van der Waals surface area contributed by atoms with Crippen LogP contribution >= 0.6 is 0 Å². The summed E-state index contributed by atoms with van der Waals surface area (Å²) in [7, 11) is 0. The molecule has 0 aromatic heterocycles. The minimum atomic E-state index is -0.740. The number of carbonyl (C=O) groups is 2. The Kier molecular flexibility index (Phi) is 5.37. The van der Waals surface area contributed by atoms with Gasteiger partial charge in [-0.25, -0.2) is 4.39 Å². The molecule has 1 saturated heterocycles. The van der Waals surface area contributed by atoms with Gasteiger partial charge >= 0.3 is 0 Å². The van der Waals surface area contributed by atoms with Crippen molar-refractivity contribution in [1.82, 2.24) is 10.2 Å². The molecule has 25 heavy (non-hydrogen) atoms. The molecule has 5 nitrogen and oxygen atoms in total. The maximum atomic E-state index is 13.6. The number of benzene rings is 1. The first kappa shape index (κ1) is 17.9. The van der Waals surface area contributed by atoms with Crippen LogP contribution in [0.2, 0.25) is 0 Å². The predicted octanol–water partition coefficient (Wildman–Crippen LogP) is 2.85. The number of nitrogens with zero attached hydrogens (tertiary/aromatic N) is 1. The normalized spacial score (nSPS) is 22.2. The molecule has 2 aliphatic rings. The predicted molar refractivity (Wildman–Crippen MR) is 91.4 cm³/mol. The summed E-state index contributed by atoms with van der Waals surface area (Å²) in [5, 5.41) is 2.86. The number of rotatable bonds is 4. The Morgan fingerprint density at radius 2 is 2.08 bits per heavy atom. The lowest BCUT2D eigenvalue weighted by molar-refractivity contribution is -0.127. The Labute approximate surface area is 147 Å². The molecule has 0 radical (unpaired) electrons. The summed E-state index contributed by atoms with van der Waals surface area (Å²) in [6, 6.07) is 4.96. The van der Waals surface area contributed by atoms with Crippen LogP contribution in [0.25, 0.3) is 0 Å². The molecule has 1 N–H and O–H groups in total. The molecule has 3 rings (SSSR count). The van der Waals surface area contributed by atoms with Gasteiger partial charge in [0.2, 0.25) is 5.91 Å². The highest BCUT2D eigenvalue weighted by molar-refractivity contribution is 5.98. The van der Waals surface area contributed by atoms with Crippen molar-refractivity contribution in [1.29, 1.82) is 0 Å². The molecule has 0 bridgehead atoms. The SMILES string of the molecule is CCCNC(=O)[C@H]1COC2(CCCCC2)N1C(=O)c1cccc(F)c1. The quantitative estimate of drug-likeness (QED) is 0.910. The van der Waals surface area contributed by atoms with Crippen molar-refractivity contribution in [2.75, 3.05) is 13.2 Å². The van der Waals surface area contributed by atoms with Gasteiger partial charge in [0.1, 0.15) is 17.6 Å². The number of amides is 2. The third-order valence-corrected chi connectivity index (χ3v) is 5.04. The first-order chi connectivity index (χ1) is 12.1. The van der Waals surface area contributed by atoms with Gasteiger partial charge < -0.3 is 10.1 Å². The van der Waals surface area contributed by atoms with Crippen LogP contribution in [-0.4, -0.2) is 41.6 Å². The first-order valence-electron chi connectivity index (χ1n) is 9.08. The van der Waals surface area contributed by atoms with Gasteiger partial charge in [0.15, 0.2) is 0 Å². The van der Waals surface area contributed by atoms with Crippen molar-refractivity contribution in [3.05, 3.63) is 35.6 Å². The monoisotopic (exact) mass is 348 g/mol. The summed E-state index contributed by atoms with van der Waals surface area (Å²) in [6.07, 6.45) is 5.26. The van der Waals surface area contributed by atoms with Gasteiger partial charge in [0.25, 0.3) is 5.91 Å². The summed E-state index contributed by atoms with van der Waals surface area (Å²) in [6.45, 7) is 2.73. The molecule has 1 atom stereocenters. The number of nitrogens with one attached hydrogen (secondary N) is 1. The topological polar surface area (TPSA) is 58.6 Å². The highest BCUT2D eigenvalue weighted by Crippen LogP contribution is 2.41. The van der Waals surface area contributed by atoms with Crippen molar-refractivity contribution >= 4 is 11.8 Å². The fourth-order valence-corrected chi connectivity index (χ4v) is 3.80. The van der Waals surface area contributed by atoms with Gasteiger partial charge in [0, 0.05) is 12.1 Å². The molecule has 2 amide bonds. The molecule has 1 spiro atoms. The first-order valence-corrected chi connectivity index (χ1v) is 9.08. The van der Waals surface area contributed by atoms with Crippen LogP contribution in [0, 0.1) is 5.82 Å². The minimum absolute atomic E-state index is 0.191. The Morgan fingerprint density at radius 3 is 2.76 bits per heavy atom. The summed E-state index contributed by atoms with van der Waals surface area (Å²) in [5.41, 5.74) is -0.487. The van der Waals surface area contributed by atoms with E-state index in [-0.39, 0.29) is 24.0 Å². The van der Waals surface area contributed by atoms with Crippen LogP contribution in [0.5, 0.6) is 0 Å². The Hall–Kier alpha value is -1.95. The van der Waals surface area contributed by atoms with Gasteiger partial charge in [-0.2, -0.15) is 0 Å². The second kappa shape index (κ2) is 7.52. The minimum Gasteiger partial charge on any atom is -0.354 e. The molecule has 1 saturated carbocycles. The number of halogens is 1. The zero-order valence-electron chi connectivity index (χ0n) is 14.6. The number of hydrogen-bond donors (Lipinski definition) is 1. The lowest BCUT2D eigenvalue weighted by Crippen LogP contribution is -2.56. The smallest absolute Gasteiger partial charge is 0.256 e. The molecule has 1 aliphatic carbocycles. The third-order valence-electron chi connectivity index (χ3n) is 5.04. The Bertz CT molecular complexity index is 643. The third kappa shape index (κ3) is 3.54. The van der Waals surface area contributed by atoms with E-state index in [2.05, 4.69) is 5.32 Å². The zero-order valence-corrected chi connectivity index (χ0v) is 14.6. The van der Waals surface area contributed by atoms with Crippen LogP contribution in [0.3, 0.4) is 0 Å². The average Bonchev–Trinajstić information content (AvgIpc) is 2.98. The van der Waals surface area contributed by atoms with E-state index in [0.29, 0.717) is 19.4 Å². The summed E-state index contributed by atoms with van der Waals surface area (Å²) in [5.74, 6) is -1.000. The van der Waals surface area contributed by atoms with Crippen LogP contribution in [0.15, 0.2) is 24.3 Å². The molecule has 1 aliphatic heterocycles. The van der Waals surface area contributed by atoms with E-state index in [9.17, 15) is 14.0 Å². The van der Waals surface area contributed by atoms with E-state index in [1.807, 2.05) is 6.92 Å². The van der Waals surface area contributed by atoms with E-state index >= 15 is 0 Å². The van der Waals surface area contributed by atoms with Crippen molar-refractivity contribution < 1.29 is 18.7 Å². The van der Waals surface area contributed by atoms with Crippen LogP contribution in [0.1, 0.15) is 55.8 Å². The van der Waals surface area contributed by atoms with E-state index in [1.54, 1.807) is 11.0 Å². The van der Waals surface area contributed by atoms with E-state index in [4.69, 9.17) is 4.74 Å². The van der Waals surface area contributed by atoms with Crippen LogP contribution in [-0.2, 0) is 9.53 Å². The zero-order chi connectivity index (χ0) is 17.9. The highest BCUT2D eigenvalue weighted by Gasteiger charge is 2.52. The second-order valence-corrected chi connectivity index (χ2v) is 6.81. The van der Waals surface area contributed by atoms with Gasteiger partial charge in [0.05, 0.1) is 6.61 Å². The second-order valence-electron chi connectivity index (χ2n) is 6.81. The van der Waals surface area contributed by atoms with Crippen molar-refractivity contribution in [2.24, 2.45) is 0 Å². The Balaban J connectivity index is 1.91. The maximum Gasteiger partial charge on any atom is 0.256 e. The highest BCUT2D eigenvalue weighted by atomic mass is 19.1. The number of hydrogen-bond acceptors (Lipinski definition) is 3. The number of ether oxygens (including phenoxy) is 1. The van der Waals surface area contributed by atoms with Crippen molar-refractivity contribution in [3.8, 4) is 0 Å². The maximum absolute atomic E-state index is 13.6. The molecule has 6 heteroatoms. The molecule has 1 heterocycles. The molecule has 2 fully saturated rings. The lowest BCUT2D eigenvalue weighted by Gasteiger charge is -2.41. The summed E-state index contributed by atoms with van der Waals surface area (Å²) < 4.78 is 19.6. The Morgan fingerprint density at radius 1 is 1.32 bits per heavy atom. The molecule has 136 valence electrons. The van der Waals surface area contributed by atoms with E-state index in [0.717, 1.165) is 25.7 Å². The molecular weight excluding hydrogens is 323 g/mol. The fourth-order valence-electron chi connectivity index (χ4n) is 3.80. The van der Waals surface area contributed by atoms with Crippen LogP contribution < -0.4 is 5.32 Å². The number of carbonyl (C=O) groups excluding carboxylic acids is 2. The molecular formula is C19H25FN2O3. The largest absolute Gasteiger partial charge is 0.354 e. The lowest BCUT2D eigenvalue weighted by atomic mass is 9.89. The van der Waals surface area contributed by atoms with Gasteiger partial charge in [-0.1, -0.05) is 19.4 Å². The average molecular weight is 348 g/mol. The van der Waals surface area contributed by atoms with E-state index < -0.39 is 17.6 Å². The van der Waals surface area contributed by atoms with Gasteiger partial charge in [-0.15, -0.1) is 0 Å².